The third-order valence-electron chi connectivity index (χ3n) is 4.45. The fourth-order valence-corrected chi connectivity index (χ4v) is 3.69. The van der Waals surface area contributed by atoms with Crippen LogP contribution in [0.2, 0.25) is 0 Å². The van der Waals surface area contributed by atoms with Crippen molar-refractivity contribution in [2.45, 2.75) is 45.2 Å². The first kappa shape index (κ1) is 15.9. The predicted octanol–water partition coefficient (Wildman–Crippen LogP) is 2.09. The highest BCUT2D eigenvalue weighted by Gasteiger charge is 2.40. The lowest BCUT2D eigenvalue weighted by Crippen LogP contribution is -2.30. The van der Waals surface area contributed by atoms with Gasteiger partial charge < -0.3 is 10.2 Å². The van der Waals surface area contributed by atoms with Gasteiger partial charge in [-0.05, 0) is 6.92 Å². The highest BCUT2D eigenvalue weighted by molar-refractivity contribution is 7.09. The molecule has 0 aromatic carbocycles. The molecule has 1 fully saturated rings. The summed E-state index contributed by atoms with van der Waals surface area (Å²) in [5, 5.41) is 8.49. The molecule has 3 rings (SSSR count). The van der Waals surface area contributed by atoms with Crippen LogP contribution in [0.4, 0.5) is 5.13 Å². The van der Waals surface area contributed by atoms with Crippen molar-refractivity contribution >= 4 is 22.6 Å². The Morgan fingerprint density at radius 3 is 2.70 bits per heavy atom. The van der Waals surface area contributed by atoms with Crippen LogP contribution in [-0.4, -0.2) is 43.0 Å². The zero-order valence-electron chi connectivity index (χ0n) is 14.1. The maximum Gasteiger partial charge on any atom is 0.225 e. The number of nitrogens with one attached hydrogen (secondary N) is 1. The molecule has 124 valence electrons. The Morgan fingerprint density at radius 1 is 1.39 bits per heavy atom. The average Bonchev–Trinajstić information content (AvgIpc) is 3.15. The van der Waals surface area contributed by atoms with Gasteiger partial charge in [-0.3, -0.25) is 9.48 Å². The van der Waals surface area contributed by atoms with E-state index in [2.05, 4.69) is 33.6 Å². The number of carbonyl (C=O) groups is 1. The molecule has 8 heteroatoms. The van der Waals surface area contributed by atoms with Gasteiger partial charge in [-0.2, -0.15) is 9.47 Å². The van der Waals surface area contributed by atoms with E-state index in [0.29, 0.717) is 12.3 Å². The van der Waals surface area contributed by atoms with Gasteiger partial charge in [0.1, 0.15) is 5.82 Å². The Balaban J connectivity index is 1.87. The molecule has 2 aromatic heterocycles. The first-order valence-corrected chi connectivity index (χ1v) is 8.50. The highest BCUT2D eigenvalue weighted by atomic mass is 32.1. The third-order valence-corrected chi connectivity index (χ3v) is 5.11. The van der Waals surface area contributed by atoms with E-state index in [1.807, 2.05) is 31.9 Å². The molecule has 7 nitrogen and oxygen atoms in total. The zero-order valence-corrected chi connectivity index (χ0v) is 14.9. The second kappa shape index (κ2) is 5.92. The van der Waals surface area contributed by atoms with Crippen LogP contribution in [0.5, 0.6) is 0 Å². The van der Waals surface area contributed by atoms with Crippen LogP contribution in [0.1, 0.15) is 49.3 Å². The van der Waals surface area contributed by atoms with Crippen LogP contribution in [0.15, 0.2) is 6.20 Å². The molecule has 3 heterocycles. The largest absolute Gasteiger partial charge is 0.355 e. The number of aromatic nitrogens is 4. The molecule has 0 unspecified atom stereocenters. The molecular formula is C15H22N6OS. The highest BCUT2D eigenvalue weighted by Crippen LogP contribution is 2.35. The summed E-state index contributed by atoms with van der Waals surface area (Å²) < 4.78 is 6.21. The van der Waals surface area contributed by atoms with E-state index in [-0.39, 0.29) is 18.0 Å². The summed E-state index contributed by atoms with van der Waals surface area (Å²) in [6.45, 7) is 6.17. The molecule has 0 saturated carbocycles. The maximum atomic E-state index is 12.2. The smallest absolute Gasteiger partial charge is 0.225 e. The summed E-state index contributed by atoms with van der Waals surface area (Å²) in [7, 11) is 3.76. The molecule has 0 bridgehead atoms. The van der Waals surface area contributed by atoms with Gasteiger partial charge in [-0.15, -0.1) is 0 Å². The molecule has 0 spiro atoms. The number of amides is 1. The van der Waals surface area contributed by atoms with Crippen molar-refractivity contribution < 1.29 is 4.79 Å². The fraction of sp³-hybridized carbons (Fsp3) is 0.600. The molecule has 23 heavy (non-hydrogen) atoms. The van der Waals surface area contributed by atoms with Crippen molar-refractivity contribution in [2.24, 2.45) is 7.05 Å². The molecule has 2 atom stereocenters. The number of likely N-dealkylation sites (N-methyl/N-ethyl adjacent to an activating group) is 1. The van der Waals surface area contributed by atoms with Gasteiger partial charge in [-0.1, -0.05) is 13.8 Å². The Labute approximate surface area is 139 Å². The lowest BCUT2D eigenvalue weighted by molar-refractivity contribution is -0.127. The third kappa shape index (κ3) is 2.83. The summed E-state index contributed by atoms with van der Waals surface area (Å²) in [6.07, 6.45) is 2.30. The Bertz CT molecular complexity index is 721. The van der Waals surface area contributed by atoms with Crippen LogP contribution in [0, 0.1) is 6.92 Å². The van der Waals surface area contributed by atoms with Crippen molar-refractivity contribution in [3.63, 3.8) is 0 Å². The molecule has 0 radical (unpaired) electrons. The number of hydrogen-bond donors (Lipinski definition) is 1. The Morgan fingerprint density at radius 2 is 2.13 bits per heavy atom. The normalized spacial score (nSPS) is 21.5. The molecular weight excluding hydrogens is 312 g/mol. The van der Waals surface area contributed by atoms with E-state index in [0.717, 1.165) is 22.2 Å². The van der Waals surface area contributed by atoms with Gasteiger partial charge in [0, 0.05) is 49.2 Å². The van der Waals surface area contributed by atoms with Crippen LogP contribution in [0.3, 0.4) is 0 Å². The van der Waals surface area contributed by atoms with Crippen molar-refractivity contribution in [1.29, 1.82) is 0 Å². The minimum absolute atomic E-state index is 0.0247. The Kier molecular flexibility index (Phi) is 4.09. The van der Waals surface area contributed by atoms with Gasteiger partial charge in [0.25, 0.3) is 0 Å². The zero-order chi connectivity index (χ0) is 16.7. The van der Waals surface area contributed by atoms with Crippen molar-refractivity contribution in [3.8, 4) is 0 Å². The summed E-state index contributed by atoms with van der Waals surface area (Å²) >= 11 is 1.35. The maximum absolute atomic E-state index is 12.2. The first-order chi connectivity index (χ1) is 10.9. The van der Waals surface area contributed by atoms with Crippen molar-refractivity contribution in [2.75, 3.05) is 12.4 Å². The number of hydrogen-bond acceptors (Lipinski definition) is 6. The van der Waals surface area contributed by atoms with Gasteiger partial charge in [0.15, 0.2) is 0 Å². The van der Waals surface area contributed by atoms with E-state index in [1.54, 1.807) is 4.90 Å². The molecule has 2 aromatic rings. The van der Waals surface area contributed by atoms with E-state index in [9.17, 15) is 4.79 Å². The molecule has 1 aliphatic heterocycles. The van der Waals surface area contributed by atoms with E-state index in [4.69, 9.17) is 0 Å². The van der Waals surface area contributed by atoms with Gasteiger partial charge in [-0.25, -0.2) is 4.98 Å². The number of nitrogens with zero attached hydrogens (tertiary/aromatic N) is 5. The van der Waals surface area contributed by atoms with Gasteiger partial charge >= 0.3 is 0 Å². The van der Waals surface area contributed by atoms with E-state index in [1.165, 1.54) is 11.5 Å². The van der Waals surface area contributed by atoms with Crippen molar-refractivity contribution in [1.82, 2.24) is 24.0 Å². The number of aryl methyl sites for hydroxylation is 1. The minimum Gasteiger partial charge on any atom is -0.355 e. The SMILES string of the molecule is Cc1c([C@H]2[C@H](Nc3nc(C(C)C)ns3)CC(=O)N2C)cnn1C. The van der Waals surface area contributed by atoms with Gasteiger partial charge in [0.2, 0.25) is 11.0 Å². The molecule has 1 aliphatic rings. The monoisotopic (exact) mass is 334 g/mol. The lowest BCUT2D eigenvalue weighted by atomic mass is 10.0. The van der Waals surface area contributed by atoms with Crippen molar-refractivity contribution in [3.05, 3.63) is 23.3 Å². The molecule has 1 amide bonds. The number of anilines is 1. The molecule has 1 N–H and O–H groups in total. The van der Waals surface area contributed by atoms with Crippen LogP contribution >= 0.6 is 11.5 Å². The number of likely N-dealkylation sites (tertiary alicyclic amines) is 1. The second-order valence-corrected chi connectivity index (χ2v) is 7.08. The number of carbonyl (C=O) groups excluding carboxylic acids is 1. The minimum atomic E-state index is -0.0393. The topological polar surface area (TPSA) is 75.9 Å². The summed E-state index contributed by atoms with van der Waals surface area (Å²) in [5.74, 6) is 1.26. The molecule has 0 aliphatic carbocycles. The first-order valence-electron chi connectivity index (χ1n) is 7.72. The summed E-state index contributed by atoms with van der Waals surface area (Å²) in [4.78, 5) is 18.5. The average molecular weight is 334 g/mol. The van der Waals surface area contributed by atoms with Crippen LogP contribution in [0.25, 0.3) is 0 Å². The van der Waals surface area contributed by atoms with E-state index < -0.39 is 0 Å². The van der Waals surface area contributed by atoms with Crippen LogP contribution in [-0.2, 0) is 11.8 Å². The summed E-state index contributed by atoms with van der Waals surface area (Å²) in [6, 6.07) is -0.0639. The van der Waals surface area contributed by atoms with E-state index >= 15 is 0 Å². The molecule has 1 saturated heterocycles. The van der Waals surface area contributed by atoms with Gasteiger partial charge in [0.05, 0.1) is 18.3 Å². The second-order valence-electron chi connectivity index (χ2n) is 6.33. The summed E-state index contributed by atoms with van der Waals surface area (Å²) in [5.41, 5.74) is 2.15. The van der Waals surface area contributed by atoms with Crippen LogP contribution < -0.4 is 5.32 Å². The predicted molar refractivity (Wildman–Crippen MR) is 89.5 cm³/mol. The fourth-order valence-electron chi connectivity index (χ4n) is 2.92. The Hall–Kier alpha value is -1.96. The number of rotatable bonds is 4. The lowest BCUT2D eigenvalue weighted by Gasteiger charge is -2.25. The quantitative estimate of drug-likeness (QED) is 0.926. The standard InChI is InChI=1S/C15H22N6OS/c1-8(2)14-18-15(23-19-14)17-11-6-12(22)20(4)13(11)10-7-16-21(5)9(10)3/h7-8,11,13H,6H2,1-5H3,(H,17,18,19)/t11-,13+/m1/s1.